The van der Waals surface area contributed by atoms with E-state index in [4.69, 9.17) is 4.74 Å². The van der Waals surface area contributed by atoms with Gasteiger partial charge in [-0.2, -0.15) is 0 Å². The highest BCUT2D eigenvalue weighted by Gasteiger charge is 2.09. The fraction of sp³-hybridized carbons (Fsp3) is 0.167. The van der Waals surface area contributed by atoms with Gasteiger partial charge in [-0.15, -0.1) is 0 Å². The van der Waals surface area contributed by atoms with Crippen LogP contribution in [-0.4, -0.2) is 34.5 Å². The van der Waals surface area contributed by atoms with Gasteiger partial charge in [0.1, 0.15) is 0 Å². The van der Waals surface area contributed by atoms with Crippen molar-refractivity contribution in [2.75, 3.05) is 20.3 Å². The summed E-state index contributed by atoms with van der Waals surface area (Å²) in [7, 11) is -2.03. The van der Waals surface area contributed by atoms with E-state index >= 15 is 0 Å². The SMILES string of the molecule is COCCNS(=O)(=O)C=Cc1cccc(C(=O)c2ccccc2)c1. The van der Waals surface area contributed by atoms with Crippen molar-refractivity contribution in [1.29, 1.82) is 0 Å². The third kappa shape index (κ3) is 5.42. The maximum atomic E-state index is 12.4. The Morgan fingerprint density at radius 2 is 1.79 bits per heavy atom. The lowest BCUT2D eigenvalue weighted by atomic mass is 10.0. The van der Waals surface area contributed by atoms with Gasteiger partial charge in [0, 0.05) is 30.2 Å². The zero-order chi connectivity index (χ0) is 17.4. The molecular formula is C18H19NO4S. The Morgan fingerprint density at radius 1 is 1.08 bits per heavy atom. The Morgan fingerprint density at radius 3 is 2.50 bits per heavy atom. The fourth-order valence-electron chi connectivity index (χ4n) is 2.04. The summed E-state index contributed by atoms with van der Waals surface area (Å²) in [5.74, 6) is -0.105. The quantitative estimate of drug-likeness (QED) is 0.589. The molecule has 0 aliphatic rings. The van der Waals surface area contributed by atoms with Crippen LogP contribution in [0, 0.1) is 0 Å². The van der Waals surface area contributed by atoms with Gasteiger partial charge in [0.05, 0.1) is 6.61 Å². The first kappa shape index (κ1) is 18.1. The Kier molecular flexibility index (Phi) is 6.43. The lowest BCUT2D eigenvalue weighted by Gasteiger charge is -2.03. The van der Waals surface area contributed by atoms with Crippen LogP contribution in [0.2, 0.25) is 0 Å². The lowest BCUT2D eigenvalue weighted by molar-refractivity contribution is 0.103. The van der Waals surface area contributed by atoms with Crippen molar-refractivity contribution >= 4 is 21.9 Å². The van der Waals surface area contributed by atoms with Gasteiger partial charge >= 0.3 is 0 Å². The van der Waals surface area contributed by atoms with E-state index in [0.717, 1.165) is 5.41 Å². The molecule has 2 aromatic rings. The van der Waals surface area contributed by atoms with Crippen LogP contribution in [0.4, 0.5) is 0 Å². The summed E-state index contributed by atoms with van der Waals surface area (Å²) in [6.45, 7) is 0.504. The van der Waals surface area contributed by atoms with Gasteiger partial charge in [0.25, 0.3) is 0 Å². The van der Waals surface area contributed by atoms with E-state index in [1.807, 2.05) is 6.07 Å². The first-order valence-electron chi connectivity index (χ1n) is 7.38. The number of carbonyl (C=O) groups excluding carboxylic acids is 1. The Hall–Kier alpha value is -2.28. The van der Waals surface area contributed by atoms with E-state index in [9.17, 15) is 13.2 Å². The zero-order valence-corrected chi connectivity index (χ0v) is 14.1. The van der Waals surface area contributed by atoms with Crippen LogP contribution in [0.15, 0.2) is 60.0 Å². The molecule has 0 radical (unpaired) electrons. The molecule has 0 atom stereocenters. The van der Waals surface area contributed by atoms with Crippen LogP contribution >= 0.6 is 0 Å². The maximum absolute atomic E-state index is 12.4. The number of rotatable bonds is 8. The molecule has 0 unspecified atom stereocenters. The summed E-state index contributed by atoms with van der Waals surface area (Å²) in [5, 5.41) is 1.08. The first-order valence-corrected chi connectivity index (χ1v) is 8.93. The number of hydrogen-bond donors (Lipinski definition) is 1. The Balaban J connectivity index is 2.13. The number of sulfonamides is 1. The minimum atomic E-state index is -3.53. The molecule has 0 heterocycles. The van der Waals surface area contributed by atoms with Gasteiger partial charge in [-0.05, 0) is 17.7 Å². The molecule has 0 aromatic heterocycles. The summed E-state index contributed by atoms with van der Waals surface area (Å²) in [6.07, 6.45) is 1.46. The predicted octanol–water partition coefficient (Wildman–Crippen LogP) is 2.45. The molecule has 1 N–H and O–H groups in total. The van der Waals surface area contributed by atoms with E-state index in [0.29, 0.717) is 23.3 Å². The molecular weight excluding hydrogens is 326 g/mol. The number of ether oxygens (including phenoxy) is 1. The number of ketones is 1. The standard InChI is InChI=1S/C18H19NO4S/c1-23-12-11-19-24(21,22)13-10-15-6-5-9-17(14-15)18(20)16-7-3-2-4-8-16/h2-10,13-14,19H,11-12H2,1H3. The fourth-order valence-corrected chi connectivity index (χ4v) is 2.84. The molecule has 0 bridgehead atoms. The summed E-state index contributed by atoms with van der Waals surface area (Å²) >= 11 is 0. The van der Waals surface area contributed by atoms with E-state index in [-0.39, 0.29) is 12.3 Å². The van der Waals surface area contributed by atoms with Gasteiger partial charge in [-0.1, -0.05) is 48.5 Å². The van der Waals surface area contributed by atoms with Crippen LogP contribution in [0.1, 0.15) is 21.5 Å². The molecule has 0 spiro atoms. The van der Waals surface area contributed by atoms with E-state index in [1.54, 1.807) is 48.5 Å². The van der Waals surface area contributed by atoms with Crippen molar-refractivity contribution in [2.45, 2.75) is 0 Å². The van der Waals surface area contributed by atoms with Gasteiger partial charge in [0.15, 0.2) is 5.78 Å². The lowest BCUT2D eigenvalue weighted by Crippen LogP contribution is -2.25. The molecule has 0 aliphatic heterocycles. The summed E-state index contributed by atoms with van der Waals surface area (Å²) in [6, 6.07) is 15.8. The van der Waals surface area contributed by atoms with Crippen LogP contribution in [0.5, 0.6) is 0 Å². The minimum Gasteiger partial charge on any atom is -0.383 e. The molecule has 0 aliphatic carbocycles. The Labute approximate surface area is 142 Å². The van der Waals surface area contributed by atoms with E-state index in [1.165, 1.54) is 13.2 Å². The zero-order valence-electron chi connectivity index (χ0n) is 13.3. The molecule has 24 heavy (non-hydrogen) atoms. The highest BCUT2D eigenvalue weighted by atomic mass is 32.2. The van der Waals surface area contributed by atoms with Crippen LogP contribution in [0.3, 0.4) is 0 Å². The van der Waals surface area contributed by atoms with Crippen molar-refractivity contribution in [1.82, 2.24) is 4.72 Å². The third-order valence-corrected chi connectivity index (χ3v) is 4.33. The highest BCUT2D eigenvalue weighted by molar-refractivity contribution is 7.92. The van der Waals surface area contributed by atoms with Crippen LogP contribution in [-0.2, 0) is 14.8 Å². The van der Waals surface area contributed by atoms with Crippen molar-refractivity contribution < 1.29 is 17.9 Å². The number of methoxy groups -OCH3 is 1. The average molecular weight is 345 g/mol. The average Bonchev–Trinajstić information content (AvgIpc) is 2.61. The van der Waals surface area contributed by atoms with E-state index < -0.39 is 10.0 Å². The molecule has 0 saturated heterocycles. The third-order valence-electron chi connectivity index (χ3n) is 3.23. The van der Waals surface area contributed by atoms with Gasteiger partial charge in [-0.25, -0.2) is 13.1 Å². The number of carbonyl (C=O) groups is 1. The topological polar surface area (TPSA) is 72.5 Å². The molecule has 0 saturated carbocycles. The normalized spacial score (nSPS) is 11.7. The largest absolute Gasteiger partial charge is 0.383 e. The number of hydrogen-bond acceptors (Lipinski definition) is 4. The summed E-state index contributed by atoms with van der Waals surface area (Å²) in [4.78, 5) is 12.4. The number of benzene rings is 2. The summed E-state index contributed by atoms with van der Waals surface area (Å²) < 4.78 is 30.8. The van der Waals surface area contributed by atoms with Gasteiger partial charge < -0.3 is 4.74 Å². The molecule has 126 valence electrons. The smallest absolute Gasteiger partial charge is 0.233 e. The summed E-state index contributed by atoms with van der Waals surface area (Å²) in [5.41, 5.74) is 1.73. The van der Waals surface area contributed by atoms with Gasteiger partial charge in [-0.3, -0.25) is 4.79 Å². The van der Waals surface area contributed by atoms with Gasteiger partial charge in [0.2, 0.25) is 10.0 Å². The molecule has 0 fully saturated rings. The van der Waals surface area contributed by atoms with Crippen molar-refractivity contribution in [3.05, 3.63) is 76.7 Å². The second-order valence-electron chi connectivity index (χ2n) is 5.06. The maximum Gasteiger partial charge on any atom is 0.233 e. The molecule has 2 aromatic carbocycles. The second kappa shape index (κ2) is 8.54. The van der Waals surface area contributed by atoms with Crippen LogP contribution in [0.25, 0.3) is 6.08 Å². The second-order valence-corrected chi connectivity index (χ2v) is 6.71. The molecule has 6 heteroatoms. The van der Waals surface area contributed by atoms with Crippen molar-refractivity contribution in [2.24, 2.45) is 0 Å². The first-order chi connectivity index (χ1) is 11.5. The minimum absolute atomic E-state index is 0.105. The molecule has 0 amide bonds. The number of nitrogens with one attached hydrogen (secondary N) is 1. The Bertz CT molecular complexity index is 814. The predicted molar refractivity (Wildman–Crippen MR) is 94.1 cm³/mol. The highest BCUT2D eigenvalue weighted by Crippen LogP contribution is 2.13. The molecule has 2 rings (SSSR count). The molecule has 5 nitrogen and oxygen atoms in total. The van der Waals surface area contributed by atoms with E-state index in [2.05, 4.69) is 4.72 Å². The van der Waals surface area contributed by atoms with Crippen molar-refractivity contribution in [3.8, 4) is 0 Å². The van der Waals surface area contributed by atoms with Crippen molar-refractivity contribution in [3.63, 3.8) is 0 Å². The van der Waals surface area contributed by atoms with Crippen LogP contribution < -0.4 is 4.72 Å². The monoisotopic (exact) mass is 345 g/mol.